The molecule has 0 aliphatic carbocycles. The number of hydrogen-bond acceptors (Lipinski definition) is 5. The number of piperidine rings is 1. The monoisotopic (exact) mass is 382 g/mol. The van der Waals surface area contributed by atoms with Crippen LogP contribution in [0, 0.1) is 5.82 Å². The zero-order valence-electron chi connectivity index (χ0n) is 14.6. The van der Waals surface area contributed by atoms with Crippen molar-refractivity contribution >= 4 is 22.4 Å². The summed E-state index contributed by atoms with van der Waals surface area (Å²) in [5.41, 5.74) is 8.02. The number of anilines is 1. The maximum Gasteiger partial charge on any atom is 0.255 e. The number of amides is 1. The number of aromatic nitrogens is 2. The number of benzene rings is 1. The van der Waals surface area contributed by atoms with E-state index < -0.39 is 5.82 Å². The van der Waals surface area contributed by atoms with Crippen molar-refractivity contribution in [2.24, 2.45) is 0 Å². The maximum absolute atomic E-state index is 13.4. The number of nitrogen functional groups attached to an aromatic ring is 1. The van der Waals surface area contributed by atoms with E-state index in [0.717, 1.165) is 24.7 Å². The molecule has 27 heavy (non-hydrogen) atoms. The highest BCUT2D eigenvalue weighted by Crippen LogP contribution is 2.42. The van der Waals surface area contributed by atoms with E-state index in [1.807, 2.05) is 23.6 Å². The van der Waals surface area contributed by atoms with Gasteiger partial charge in [0.2, 0.25) is 0 Å². The highest BCUT2D eigenvalue weighted by atomic mass is 32.1. The molecule has 1 saturated heterocycles. The summed E-state index contributed by atoms with van der Waals surface area (Å²) < 4.78 is 13.4. The third-order valence-corrected chi connectivity index (χ3v) is 5.87. The second-order valence-corrected chi connectivity index (χ2v) is 7.59. The van der Waals surface area contributed by atoms with E-state index in [4.69, 9.17) is 5.73 Å². The van der Waals surface area contributed by atoms with Gasteiger partial charge in [0.25, 0.3) is 5.91 Å². The molecule has 1 aliphatic heterocycles. The highest BCUT2D eigenvalue weighted by molar-refractivity contribution is 7.13. The topological polar surface area (TPSA) is 72.1 Å². The Hall–Kier alpha value is -2.80. The van der Waals surface area contributed by atoms with Crippen LogP contribution in [0.5, 0.6) is 0 Å². The number of carbonyl (C=O) groups is 1. The van der Waals surface area contributed by atoms with Crippen LogP contribution in [0.3, 0.4) is 0 Å². The first-order chi connectivity index (χ1) is 13.1. The molecule has 1 aliphatic rings. The summed E-state index contributed by atoms with van der Waals surface area (Å²) in [6.07, 6.45) is 3.97. The molecule has 0 spiro atoms. The second-order valence-electron chi connectivity index (χ2n) is 6.70. The molecule has 5 nitrogen and oxygen atoms in total. The minimum absolute atomic E-state index is 0.193. The number of nitrogens with two attached hydrogens (primary N) is 1. The fourth-order valence-corrected chi connectivity index (χ4v) is 4.42. The van der Waals surface area contributed by atoms with E-state index in [-0.39, 0.29) is 16.9 Å². The summed E-state index contributed by atoms with van der Waals surface area (Å²) in [7, 11) is 0. The van der Waals surface area contributed by atoms with Crippen molar-refractivity contribution in [3.63, 3.8) is 0 Å². The van der Waals surface area contributed by atoms with Crippen molar-refractivity contribution in [3.8, 4) is 0 Å². The van der Waals surface area contributed by atoms with Gasteiger partial charge in [-0.2, -0.15) is 0 Å². The SMILES string of the molecule is Nc1nc(C2(c3ccccc3)CCN(C(=O)c3cncc(F)c3)CC2)cs1. The predicted molar refractivity (Wildman–Crippen MR) is 103 cm³/mol. The Morgan fingerprint density at radius 2 is 1.93 bits per heavy atom. The summed E-state index contributed by atoms with van der Waals surface area (Å²) in [6.45, 7) is 1.11. The molecule has 3 heterocycles. The Kier molecular flexibility index (Phi) is 4.61. The fourth-order valence-electron chi connectivity index (χ4n) is 3.76. The van der Waals surface area contributed by atoms with Crippen LogP contribution in [0.15, 0.2) is 54.2 Å². The van der Waals surface area contributed by atoms with Crippen LogP contribution < -0.4 is 5.73 Å². The third-order valence-electron chi connectivity index (χ3n) is 5.19. The van der Waals surface area contributed by atoms with E-state index in [1.165, 1.54) is 29.2 Å². The summed E-state index contributed by atoms with van der Waals surface area (Å²) >= 11 is 1.43. The molecule has 0 saturated carbocycles. The lowest BCUT2D eigenvalue weighted by molar-refractivity contribution is 0.0683. The van der Waals surface area contributed by atoms with Gasteiger partial charge in [0.05, 0.1) is 17.5 Å². The number of halogens is 1. The second kappa shape index (κ2) is 7.08. The van der Waals surface area contributed by atoms with Crippen LogP contribution in [0.2, 0.25) is 0 Å². The molecule has 1 aromatic carbocycles. The minimum Gasteiger partial charge on any atom is -0.375 e. The van der Waals surface area contributed by atoms with E-state index in [9.17, 15) is 9.18 Å². The van der Waals surface area contributed by atoms with Gasteiger partial charge in [0, 0.05) is 30.1 Å². The van der Waals surface area contributed by atoms with Crippen molar-refractivity contribution in [2.45, 2.75) is 18.3 Å². The fraction of sp³-hybridized carbons (Fsp3) is 0.250. The number of carbonyl (C=O) groups excluding carboxylic acids is 1. The van der Waals surface area contributed by atoms with Crippen molar-refractivity contribution in [3.05, 3.63) is 76.8 Å². The van der Waals surface area contributed by atoms with Gasteiger partial charge in [0.1, 0.15) is 5.82 Å². The molecular weight excluding hydrogens is 363 g/mol. The van der Waals surface area contributed by atoms with Crippen molar-refractivity contribution in [2.75, 3.05) is 18.8 Å². The third kappa shape index (κ3) is 3.30. The van der Waals surface area contributed by atoms with Crippen molar-refractivity contribution < 1.29 is 9.18 Å². The van der Waals surface area contributed by atoms with Gasteiger partial charge in [-0.1, -0.05) is 30.3 Å². The number of pyridine rings is 1. The number of likely N-dealkylation sites (tertiary alicyclic amines) is 1. The Balaban J connectivity index is 1.61. The number of hydrogen-bond donors (Lipinski definition) is 1. The summed E-state index contributed by atoms with van der Waals surface area (Å²) in [6, 6.07) is 11.5. The lowest BCUT2D eigenvalue weighted by Gasteiger charge is -2.41. The molecule has 2 N–H and O–H groups in total. The van der Waals surface area contributed by atoms with E-state index >= 15 is 0 Å². The van der Waals surface area contributed by atoms with Gasteiger partial charge in [-0.05, 0) is 24.5 Å². The van der Waals surface area contributed by atoms with Crippen LogP contribution in [-0.2, 0) is 5.41 Å². The largest absolute Gasteiger partial charge is 0.375 e. The molecule has 138 valence electrons. The van der Waals surface area contributed by atoms with E-state index in [0.29, 0.717) is 18.2 Å². The number of rotatable bonds is 3. The van der Waals surface area contributed by atoms with Gasteiger partial charge in [0.15, 0.2) is 5.13 Å². The first kappa shape index (κ1) is 17.6. The zero-order valence-corrected chi connectivity index (χ0v) is 15.5. The predicted octanol–water partition coefficient (Wildman–Crippen LogP) is 3.48. The van der Waals surface area contributed by atoms with Crippen LogP contribution >= 0.6 is 11.3 Å². The molecule has 2 aromatic heterocycles. The normalized spacial score (nSPS) is 16.3. The average molecular weight is 382 g/mol. The van der Waals surface area contributed by atoms with E-state index in [1.54, 1.807) is 4.90 Å². The standard InChI is InChI=1S/C20H19FN4OS/c21-16-10-14(11-23-12-16)18(26)25-8-6-20(7-9-25,15-4-2-1-3-5-15)17-13-27-19(22)24-17/h1-5,10-13H,6-9H2,(H2,22,24). The average Bonchev–Trinajstić information content (AvgIpc) is 3.15. The van der Waals surface area contributed by atoms with Gasteiger partial charge >= 0.3 is 0 Å². The molecule has 3 aromatic rings. The lowest BCUT2D eigenvalue weighted by Crippen LogP contribution is -2.46. The van der Waals surface area contributed by atoms with Crippen molar-refractivity contribution in [1.82, 2.24) is 14.9 Å². The van der Waals surface area contributed by atoms with Crippen LogP contribution in [0.1, 0.15) is 34.5 Å². The quantitative estimate of drug-likeness (QED) is 0.753. The smallest absolute Gasteiger partial charge is 0.255 e. The molecule has 0 radical (unpaired) electrons. The Morgan fingerprint density at radius 1 is 1.19 bits per heavy atom. The van der Waals surface area contributed by atoms with Crippen LogP contribution in [0.25, 0.3) is 0 Å². The molecule has 4 rings (SSSR count). The summed E-state index contributed by atoms with van der Waals surface area (Å²) in [4.78, 5) is 22.8. The number of nitrogens with zero attached hydrogens (tertiary/aromatic N) is 3. The molecule has 0 atom stereocenters. The van der Waals surface area contributed by atoms with Gasteiger partial charge in [-0.3, -0.25) is 9.78 Å². The Labute approximate surface area is 160 Å². The molecule has 0 bridgehead atoms. The van der Waals surface area contributed by atoms with Gasteiger partial charge in [-0.15, -0.1) is 11.3 Å². The molecular formula is C20H19FN4OS. The first-order valence-corrected chi connectivity index (χ1v) is 9.63. The van der Waals surface area contributed by atoms with Gasteiger partial charge in [-0.25, -0.2) is 9.37 Å². The van der Waals surface area contributed by atoms with Crippen LogP contribution in [-0.4, -0.2) is 33.9 Å². The Morgan fingerprint density at radius 3 is 2.56 bits per heavy atom. The zero-order chi connectivity index (χ0) is 18.9. The maximum atomic E-state index is 13.4. The molecule has 1 amide bonds. The Bertz CT molecular complexity index is 951. The van der Waals surface area contributed by atoms with Gasteiger partial charge < -0.3 is 10.6 Å². The van der Waals surface area contributed by atoms with E-state index in [2.05, 4.69) is 22.1 Å². The summed E-state index contributed by atoms with van der Waals surface area (Å²) in [5, 5.41) is 2.56. The van der Waals surface area contributed by atoms with Crippen molar-refractivity contribution in [1.29, 1.82) is 0 Å². The molecule has 0 unspecified atom stereocenters. The first-order valence-electron chi connectivity index (χ1n) is 8.75. The highest BCUT2D eigenvalue weighted by Gasteiger charge is 2.40. The lowest BCUT2D eigenvalue weighted by atomic mass is 9.70. The minimum atomic E-state index is -0.505. The molecule has 1 fully saturated rings. The number of thiazole rings is 1. The molecule has 7 heteroatoms. The summed E-state index contributed by atoms with van der Waals surface area (Å²) in [5.74, 6) is -0.698. The van der Waals surface area contributed by atoms with Crippen LogP contribution in [0.4, 0.5) is 9.52 Å².